The van der Waals surface area contributed by atoms with E-state index in [0.29, 0.717) is 0 Å². The zero-order chi connectivity index (χ0) is 35.9. The van der Waals surface area contributed by atoms with E-state index in [1.807, 2.05) is 308 Å². The van der Waals surface area contributed by atoms with Crippen LogP contribution in [0.4, 0.5) is 0 Å². The van der Waals surface area contributed by atoms with Gasteiger partial charge in [0.05, 0.1) is 0 Å². The predicted molar refractivity (Wildman–Crippen MR) is 291 cm³/mol. The van der Waals surface area contributed by atoms with Crippen molar-refractivity contribution in [2.45, 2.75) is 0 Å². The van der Waals surface area contributed by atoms with E-state index in [4.69, 9.17) is 12.1 Å². The molecule has 0 bridgehead atoms. The molecule has 0 unspecified atom stereocenters. The van der Waals surface area contributed by atoms with Crippen LogP contribution in [0.2, 0.25) is 0 Å². The Morgan fingerprint density at radius 1 is 0.160 bits per heavy atom. The number of hydrogen-bond donors (Lipinski definition) is 0. The first kappa shape index (κ1) is 53.4. The summed E-state index contributed by atoms with van der Waals surface area (Å²) in [7, 11) is 3.62. The summed E-state index contributed by atoms with van der Waals surface area (Å²) in [6, 6.07) is 1.58. The average Bonchev–Trinajstić information content (AvgIpc) is 3.13. The Hall–Kier alpha value is 3.40. The van der Waals surface area contributed by atoms with Crippen LogP contribution in [0.3, 0.4) is 0 Å². The van der Waals surface area contributed by atoms with Crippen LogP contribution in [-0.2, 0) is 0 Å². The molecule has 50 heteroatoms. The normalized spacial score (nSPS) is 7.58. The molecule has 0 aliphatic heterocycles. The van der Waals surface area contributed by atoms with E-state index in [1.54, 1.807) is 12.7 Å². The molecular formula is HB49S. The molecule has 0 spiro atoms. The molecule has 0 aliphatic carbocycles. The van der Waals surface area contributed by atoms with Crippen molar-refractivity contribution in [3.05, 3.63) is 0 Å². The van der Waals surface area contributed by atoms with Gasteiger partial charge in [0, 0.05) is 0 Å². The summed E-state index contributed by atoms with van der Waals surface area (Å²) in [5.74, 6) is 0. The van der Waals surface area contributed by atoms with E-state index in [1.165, 1.54) is 0 Å². The summed E-state index contributed by atoms with van der Waals surface area (Å²) < 4.78 is 0. The quantitative estimate of drug-likeness (QED) is 0.105. The molecule has 0 rings (SSSR count). The van der Waals surface area contributed by atoms with Gasteiger partial charge in [0.1, 0.15) is 0 Å². The van der Waals surface area contributed by atoms with Crippen LogP contribution in [-0.4, -0.2) is 328 Å². The van der Waals surface area contributed by atoms with Gasteiger partial charge in [0.15, 0.2) is 0 Å². The summed E-state index contributed by atoms with van der Waals surface area (Å²) >= 11 is 4.71. The molecule has 0 fully saturated rings. The van der Waals surface area contributed by atoms with Crippen LogP contribution >= 0.6 is 12.1 Å². The fraction of sp³-hybridized carbons (Fsp3) is 0. The molecule has 0 aromatic heterocycles. The Kier molecular flexibility index (Phi) is 56.0. The molecule has 0 radical (unpaired) electrons. The van der Waals surface area contributed by atoms with Crippen molar-refractivity contribution < 1.29 is 0 Å². The Bertz CT molecular complexity index is 1470. The van der Waals surface area contributed by atoms with Gasteiger partial charge in [-0.15, -0.1) is 0 Å². The van der Waals surface area contributed by atoms with Gasteiger partial charge >= 0.3 is 340 Å². The summed E-state index contributed by atoms with van der Waals surface area (Å²) in [4.78, 5) is 0. The summed E-state index contributed by atoms with van der Waals surface area (Å²) in [6.07, 6.45) is 0. The topological polar surface area (TPSA) is 0 Å². The third kappa shape index (κ3) is 51.4. The van der Waals surface area contributed by atoms with E-state index in [-0.39, 0.29) is 0 Å². The van der Waals surface area contributed by atoms with Crippen molar-refractivity contribution in [2.75, 3.05) is 0 Å². The van der Waals surface area contributed by atoms with Crippen LogP contribution in [0.25, 0.3) is 0 Å². The molecule has 0 saturated carbocycles. The fourth-order valence-corrected chi connectivity index (χ4v) is 3.04. The second-order valence-electron chi connectivity index (χ2n) is 9.22. The van der Waals surface area contributed by atoms with Crippen LogP contribution in [0.5, 0.6) is 0 Å². The molecule has 0 heterocycles. The van der Waals surface area contributed by atoms with Crippen LogP contribution < -0.4 is 0 Å². The molecule has 0 N–H and O–H groups in total. The minimum absolute atomic E-state index is 1.58. The van der Waals surface area contributed by atoms with Gasteiger partial charge in [-0.2, -0.15) is 0 Å². The number of hydrogen-bond acceptors (Lipinski definition) is 1. The molecule has 0 aromatic rings. The van der Waals surface area contributed by atoms with Gasteiger partial charge in [-0.05, 0) is 0 Å². The predicted octanol–water partition coefficient (Wildman–Crippen LogP) is -18.3. The molecule has 0 nitrogen and oxygen atoms in total. The van der Waals surface area contributed by atoms with Gasteiger partial charge in [0.2, 0.25) is 0 Å². The molecule has 0 aliphatic rings. The molecule has 0 saturated heterocycles. The summed E-state index contributed by atoms with van der Waals surface area (Å²) in [6.45, 7) is 92.8. The van der Waals surface area contributed by atoms with E-state index >= 15 is 0 Å². The van der Waals surface area contributed by atoms with Gasteiger partial charge < -0.3 is 0 Å². The van der Waals surface area contributed by atoms with Gasteiger partial charge in [-0.1, -0.05) is 0 Å². The maximum absolute atomic E-state index is 4.71. The Morgan fingerprint density at radius 3 is 0.360 bits per heavy atom. The fourth-order valence-electron chi connectivity index (χ4n) is 2.95. The molecular weight excluding hydrogens is 562 g/mol. The standard InChI is InChI=1S/B49HS/c1-2-3-4-5-6-7-8-9-10-11-12-13-14-15-16-17-18-19-20-21-22-23-24-25-26-27-28-29-30-31-32-33-34-35-36-37-38-39-40-41-42-43-44-45-46-47-48-49-50/h1H. The monoisotopic (exact) mass is 572 g/mol. The second-order valence-corrected chi connectivity index (χ2v) is 9.50. The first-order valence-corrected chi connectivity index (χ1v) is 16.8. The molecule has 154 valence electrons. The van der Waals surface area contributed by atoms with Gasteiger partial charge in [-0.3, -0.25) is 0 Å². The molecule has 0 aromatic carbocycles. The van der Waals surface area contributed by atoms with Crippen LogP contribution in [0, 0.1) is 0 Å². The molecule has 50 heavy (non-hydrogen) atoms. The zero-order valence-corrected chi connectivity index (χ0v) is 29.6. The van der Waals surface area contributed by atoms with Crippen molar-refractivity contribution in [1.29, 1.82) is 0 Å². The van der Waals surface area contributed by atoms with E-state index in [0.717, 1.165) is 0 Å². The SMILES string of the molecule is B=B\B=B/B=B\B=B/B=B\B=B/B=B\B=B/B=B\B=B/B=B\B=B/B=B\B=B/B=B\B=B/B=B\B=B/B=B\B=B/B=B\B=B/B=B\B=B/B=S. The van der Waals surface area contributed by atoms with E-state index in [2.05, 4.69) is 7.37 Å². The van der Waals surface area contributed by atoms with Crippen molar-refractivity contribution in [3.63, 3.8) is 0 Å². The molecule has 0 amide bonds. The van der Waals surface area contributed by atoms with Gasteiger partial charge in [0.25, 0.3) is 0 Å². The minimum atomic E-state index is 1.58. The summed E-state index contributed by atoms with van der Waals surface area (Å²) in [5, 5.41) is 0. The second kappa shape index (κ2) is 52.4. The Labute approximate surface area is 337 Å². The Morgan fingerprint density at radius 2 is 0.260 bits per heavy atom. The van der Waals surface area contributed by atoms with Crippen molar-refractivity contribution in [3.8, 4) is 0 Å². The van der Waals surface area contributed by atoms with Crippen LogP contribution in [0.1, 0.15) is 0 Å². The molecule has 0 atom stereocenters. The third-order valence-electron chi connectivity index (χ3n) is 5.21. The van der Waals surface area contributed by atoms with Crippen molar-refractivity contribution in [2.24, 2.45) is 0 Å². The van der Waals surface area contributed by atoms with Gasteiger partial charge in [-0.25, -0.2) is 0 Å². The van der Waals surface area contributed by atoms with E-state index < -0.39 is 0 Å². The van der Waals surface area contributed by atoms with E-state index in [9.17, 15) is 0 Å². The summed E-state index contributed by atoms with van der Waals surface area (Å²) in [5.41, 5.74) is 0. The third-order valence-corrected chi connectivity index (χ3v) is 5.37. The van der Waals surface area contributed by atoms with Crippen molar-refractivity contribution in [1.82, 2.24) is 0 Å². The van der Waals surface area contributed by atoms with Crippen LogP contribution in [0.15, 0.2) is 0 Å². The Balaban J connectivity index is 4.05. The number of rotatable bonds is 24. The van der Waals surface area contributed by atoms with Crippen molar-refractivity contribution >= 4 is 340 Å². The first-order valence-electron chi connectivity index (χ1n) is 16.3. The first-order chi connectivity index (χ1) is 24.9. The average molecular weight is 563 g/mol. The zero-order valence-electron chi connectivity index (χ0n) is 28.8. The maximum atomic E-state index is 4.71.